The topological polar surface area (TPSA) is 38.8 Å². The molecule has 0 aliphatic carbocycles. The maximum Gasteiger partial charge on any atom is 0.350 e. The Morgan fingerprint density at radius 2 is 1.77 bits per heavy atom. The molecule has 124 valence electrons. The van der Waals surface area contributed by atoms with Crippen LogP contribution < -0.4 is 0 Å². The minimum atomic E-state index is -3.17. The first-order valence-corrected chi connectivity index (χ1v) is 9.78. The summed E-state index contributed by atoms with van der Waals surface area (Å²) in [7, 11) is -3.17. The lowest BCUT2D eigenvalue weighted by atomic mass is 10.0. The van der Waals surface area contributed by atoms with Gasteiger partial charge in [-0.05, 0) is 52.1 Å². The fourth-order valence-corrected chi connectivity index (χ4v) is 5.44. The van der Waals surface area contributed by atoms with E-state index in [9.17, 15) is 4.57 Å². The van der Waals surface area contributed by atoms with E-state index in [4.69, 9.17) is 9.05 Å². The number of hydrogen-bond acceptors (Lipinski definition) is 4. The van der Waals surface area contributed by atoms with Gasteiger partial charge in [-0.3, -0.25) is 9.46 Å². The molecule has 0 saturated carbocycles. The number of rotatable bonds is 7. The zero-order valence-electron chi connectivity index (χ0n) is 14.0. The minimum Gasteiger partial charge on any atom is -0.308 e. The lowest BCUT2D eigenvalue weighted by Gasteiger charge is -2.47. The third kappa shape index (κ3) is 3.62. The first-order valence-electron chi connectivity index (χ1n) is 8.24. The summed E-state index contributed by atoms with van der Waals surface area (Å²) < 4.78 is 24.7. The molecule has 1 aliphatic heterocycles. The zero-order valence-corrected chi connectivity index (χ0v) is 14.9. The molecule has 1 saturated heterocycles. The number of nitrogens with zero attached hydrogens (tertiary/aromatic N) is 1. The molecule has 0 bridgehead atoms. The maximum absolute atomic E-state index is 13.4. The molecule has 0 aromatic heterocycles. The van der Waals surface area contributed by atoms with Crippen LogP contribution in [0.2, 0.25) is 0 Å². The van der Waals surface area contributed by atoms with Gasteiger partial charge in [-0.25, -0.2) is 0 Å². The molecule has 1 unspecified atom stereocenters. The zero-order chi connectivity index (χ0) is 16.1. The molecular weight excluding hydrogens is 297 g/mol. The van der Waals surface area contributed by atoms with Crippen molar-refractivity contribution in [2.45, 2.75) is 51.9 Å². The van der Waals surface area contributed by atoms with Crippen molar-refractivity contribution in [1.82, 2.24) is 4.90 Å². The second-order valence-electron chi connectivity index (χ2n) is 5.91. The monoisotopic (exact) mass is 325 g/mol. The Morgan fingerprint density at radius 1 is 1.14 bits per heavy atom. The summed E-state index contributed by atoms with van der Waals surface area (Å²) in [6.45, 7) is 8.31. The summed E-state index contributed by atoms with van der Waals surface area (Å²) in [6, 6.07) is 10.3. The first-order chi connectivity index (χ1) is 10.6. The number of piperidine rings is 1. The summed E-state index contributed by atoms with van der Waals surface area (Å²) >= 11 is 0. The SMILES string of the molecule is CCOP(=O)(OCC)C1(C)CCCCN1Cc1ccccc1. The normalized spacial score (nSPS) is 23.6. The van der Waals surface area contributed by atoms with Crippen LogP contribution in [0.25, 0.3) is 0 Å². The molecule has 0 radical (unpaired) electrons. The molecule has 1 atom stereocenters. The highest BCUT2D eigenvalue weighted by Gasteiger charge is 2.52. The van der Waals surface area contributed by atoms with Crippen molar-refractivity contribution in [3.63, 3.8) is 0 Å². The Hall–Kier alpha value is -0.670. The minimum absolute atomic E-state index is 0.409. The van der Waals surface area contributed by atoms with Crippen LogP contribution in [0.3, 0.4) is 0 Å². The molecule has 22 heavy (non-hydrogen) atoms. The average Bonchev–Trinajstić information content (AvgIpc) is 2.51. The van der Waals surface area contributed by atoms with Crippen molar-refractivity contribution in [2.24, 2.45) is 0 Å². The smallest absolute Gasteiger partial charge is 0.308 e. The fourth-order valence-electron chi connectivity index (χ4n) is 3.18. The Bertz CT molecular complexity index is 498. The lowest BCUT2D eigenvalue weighted by Crippen LogP contribution is -2.49. The summed E-state index contributed by atoms with van der Waals surface area (Å²) in [5.41, 5.74) is 1.23. The predicted molar refractivity (Wildman–Crippen MR) is 90.0 cm³/mol. The van der Waals surface area contributed by atoms with E-state index in [1.165, 1.54) is 5.56 Å². The second-order valence-corrected chi connectivity index (χ2v) is 8.39. The Morgan fingerprint density at radius 3 is 2.36 bits per heavy atom. The van der Waals surface area contributed by atoms with Gasteiger partial charge < -0.3 is 9.05 Å². The second kappa shape index (κ2) is 7.74. The van der Waals surface area contributed by atoms with Gasteiger partial charge in [-0.15, -0.1) is 0 Å². The maximum atomic E-state index is 13.4. The van der Waals surface area contributed by atoms with Crippen LogP contribution in [0.1, 0.15) is 45.6 Å². The summed E-state index contributed by atoms with van der Waals surface area (Å²) in [4.78, 5) is 2.29. The highest BCUT2D eigenvalue weighted by molar-refractivity contribution is 7.55. The Labute approximate surface area is 134 Å². The van der Waals surface area contributed by atoms with E-state index >= 15 is 0 Å². The third-order valence-electron chi connectivity index (χ3n) is 4.41. The predicted octanol–water partition coefficient (Wildman–Crippen LogP) is 4.65. The number of likely N-dealkylation sites (tertiary alicyclic amines) is 1. The first kappa shape index (κ1) is 17.7. The lowest BCUT2D eigenvalue weighted by molar-refractivity contribution is 0.0732. The van der Waals surface area contributed by atoms with E-state index in [-0.39, 0.29) is 0 Å². The van der Waals surface area contributed by atoms with Crippen LogP contribution in [0.15, 0.2) is 30.3 Å². The van der Waals surface area contributed by atoms with Gasteiger partial charge in [0.05, 0.1) is 13.2 Å². The van der Waals surface area contributed by atoms with Gasteiger partial charge in [-0.1, -0.05) is 30.3 Å². The van der Waals surface area contributed by atoms with Gasteiger partial charge in [0.25, 0.3) is 0 Å². The highest BCUT2D eigenvalue weighted by Crippen LogP contribution is 2.64. The van der Waals surface area contributed by atoms with Gasteiger partial charge in [0, 0.05) is 6.54 Å². The van der Waals surface area contributed by atoms with Gasteiger partial charge in [0.1, 0.15) is 5.28 Å². The molecule has 1 heterocycles. The van der Waals surface area contributed by atoms with Crippen LogP contribution in [0.5, 0.6) is 0 Å². The Balaban J connectivity index is 2.28. The van der Waals surface area contributed by atoms with Crippen molar-refractivity contribution in [3.8, 4) is 0 Å². The van der Waals surface area contributed by atoms with Crippen LogP contribution in [0.4, 0.5) is 0 Å². The van der Waals surface area contributed by atoms with E-state index in [0.29, 0.717) is 13.2 Å². The quantitative estimate of drug-likeness (QED) is 0.684. The molecule has 0 amide bonds. The molecule has 1 aliphatic rings. The summed E-state index contributed by atoms with van der Waals surface area (Å²) in [6.07, 6.45) is 3.03. The molecule has 0 spiro atoms. The third-order valence-corrected chi connectivity index (χ3v) is 7.30. The van der Waals surface area contributed by atoms with Crippen molar-refractivity contribution in [3.05, 3.63) is 35.9 Å². The molecule has 1 fully saturated rings. The van der Waals surface area contributed by atoms with Gasteiger partial charge in [0.15, 0.2) is 0 Å². The van der Waals surface area contributed by atoms with Crippen molar-refractivity contribution in [1.29, 1.82) is 0 Å². The van der Waals surface area contributed by atoms with Gasteiger partial charge >= 0.3 is 7.60 Å². The van der Waals surface area contributed by atoms with Crippen molar-refractivity contribution < 1.29 is 13.6 Å². The average molecular weight is 325 g/mol. The number of hydrogen-bond donors (Lipinski definition) is 0. The van der Waals surface area contributed by atoms with E-state index < -0.39 is 12.9 Å². The summed E-state index contributed by atoms with van der Waals surface area (Å²) in [5.74, 6) is 0. The summed E-state index contributed by atoms with van der Waals surface area (Å²) in [5, 5.41) is -0.549. The molecule has 2 rings (SSSR count). The highest BCUT2D eigenvalue weighted by atomic mass is 31.2. The largest absolute Gasteiger partial charge is 0.350 e. The van der Waals surface area contributed by atoms with E-state index in [2.05, 4.69) is 17.0 Å². The van der Waals surface area contributed by atoms with Crippen molar-refractivity contribution in [2.75, 3.05) is 19.8 Å². The van der Waals surface area contributed by atoms with Crippen LogP contribution >= 0.6 is 7.60 Å². The van der Waals surface area contributed by atoms with E-state index in [1.54, 1.807) is 0 Å². The van der Waals surface area contributed by atoms with Crippen LogP contribution in [-0.4, -0.2) is 29.9 Å². The standard InChI is InChI=1S/C17H28NO3P/c1-4-20-22(19,21-5-2)17(3)13-9-10-14-18(17)15-16-11-7-6-8-12-16/h6-8,11-12H,4-5,9-10,13-15H2,1-3H3. The van der Waals surface area contributed by atoms with Crippen LogP contribution in [0, 0.1) is 0 Å². The van der Waals surface area contributed by atoms with Gasteiger partial charge in [0.2, 0.25) is 0 Å². The molecule has 5 heteroatoms. The fraction of sp³-hybridized carbons (Fsp3) is 0.647. The molecular formula is C17H28NO3P. The molecule has 4 nitrogen and oxygen atoms in total. The van der Waals surface area contributed by atoms with E-state index in [1.807, 2.05) is 39.0 Å². The van der Waals surface area contributed by atoms with Crippen molar-refractivity contribution >= 4 is 7.60 Å². The van der Waals surface area contributed by atoms with E-state index in [0.717, 1.165) is 32.4 Å². The van der Waals surface area contributed by atoms with Gasteiger partial charge in [-0.2, -0.15) is 0 Å². The molecule has 0 N–H and O–H groups in total. The van der Waals surface area contributed by atoms with Crippen LogP contribution in [-0.2, 0) is 20.2 Å². The Kier molecular flexibility index (Phi) is 6.22. The molecule has 1 aromatic rings. The molecule has 1 aromatic carbocycles. The number of benzene rings is 1.